The first-order valence-electron chi connectivity index (χ1n) is 10.9. The minimum absolute atomic E-state index is 0.0971. The van der Waals surface area contributed by atoms with Crippen molar-refractivity contribution in [3.63, 3.8) is 0 Å². The lowest BCUT2D eigenvalue weighted by molar-refractivity contribution is 0.262. The van der Waals surface area contributed by atoms with Crippen LogP contribution in [0.1, 0.15) is 26.3 Å². The summed E-state index contributed by atoms with van der Waals surface area (Å²) in [7, 11) is 0. The van der Waals surface area contributed by atoms with Crippen LogP contribution < -0.4 is 15.4 Å². The Hall–Kier alpha value is -4.12. The number of anilines is 2. The molecule has 1 heterocycles. The summed E-state index contributed by atoms with van der Waals surface area (Å²) in [6, 6.07) is 28.8. The topological polar surface area (TPSA) is 63.2 Å². The Balaban J connectivity index is 1.51. The lowest BCUT2D eigenvalue weighted by Crippen LogP contribution is -2.20. The second-order valence-electron chi connectivity index (χ2n) is 8.73. The van der Waals surface area contributed by atoms with Gasteiger partial charge in [-0.25, -0.2) is 9.78 Å². The summed E-state index contributed by atoms with van der Waals surface area (Å²) in [4.78, 5) is 17.1. The molecule has 0 aliphatic rings. The van der Waals surface area contributed by atoms with Gasteiger partial charge >= 0.3 is 6.03 Å². The van der Waals surface area contributed by atoms with E-state index >= 15 is 0 Å². The molecule has 5 heteroatoms. The van der Waals surface area contributed by atoms with Gasteiger partial charge in [0.2, 0.25) is 5.88 Å². The molecule has 0 atom stereocenters. The van der Waals surface area contributed by atoms with Crippen LogP contribution in [0, 0.1) is 0 Å². The third-order valence-electron chi connectivity index (χ3n) is 5.15. The number of pyridine rings is 1. The van der Waals surface area contributed by atoms with E-state index in [1.54, 1.807) is 18.3 Å². The highest BCUT2D eigenvalue weighted by molar-refractivity contribution is 6.00. The molecular formula is C28H27N3O2. The smallest absolute Gasteiger partial charge is 0.323 e. The van der Waals surface area contributed by atoms with Gasteiger partial charge in [0.05, 0.1) is 0 Å². The van der Waals surface area contributed by atoms with Crippen LogP contribution in [0.5, 0.6) is 11.6 Å². The number of benzene rings is 3. The van der Waals surface area contributed by atoms with Crippen LogP contribution in [0.25, 0.3) is 11.1 Å². The first-order valence-corrected chi connectivity index (χ1v) is 10.9. The van der Waals surface area contributed by atoms with Gasteiger partial charge in [-0.1, -0.05) is 81.4 Å². The molecule has 0 aliphatic carbocycles. The summed E-state index contributed by atoms with van der Waals surface area (Å²) in [5, 5.41) is 5.75. The van der Waals surface area contributed by atoms with Crippen LogP contribution in [0.4, 0.5) is 16.2 Å². The van der Waals surface area contributed by atoms with Gasteiger partial charge in [-0.3, -0.25) is 0 Å². The summed E-state index contributed by atoms with van der Waals surface area (Å²) in [6.07, 6.45) is 1.64. The van der Waals surface area contributed by atoms with Gasteiger partial charge in [0, 0.05) is 17.4 Å². The van der Waals surface area contributed by atoms with Gasteiger partial charge in [-0.05, 0) is 46.9 Å². The van der Waals surface area contributed by atoms with Crippen molar-refractivity contribution >= 4 is 17.4 Å². The normalized spacial score (nSPS) is 11.0. The molecule has 2 amide bonds. The highest BCUT2D eigenvalue weighted by Crippen LogP contribution is 2.35. The highest BCUT2D eigenvalue weighted by atomic mass is 16.5. The zero-order valence-corrected chi connectivity index (χ0v) is 19.0. The van der Waals surface area contributed by atoms with Gasteiger partial charge in [0.1, 0.15) is 11.4 Å². The van der Waals surface area contributed by atoms with E-state index in [0.717, 1.165) is 16.7 Å². The van der Waals surface area contributed by atoms with Gasteiger partial charge in [0.15, 0.2) is 0 Å². The number of carbonyl (C=O) groups is 1. The van der Waals surface area contributed by atoms with Crippen molar-refractivity contribution in [1.82, 2.24) is 4.98 Å². The molecule has 5 nitrogen and oxygen atoms in total. The van der Waals surface area contributed by atoms with Crippen LogP contribution in [-0.4, -0.2) is 11.0 Å². The van der Waals surface area contributed by atoms with Crippen molar-refractivity contribution in [2.24, 2.45) is 0 Å². The summed E-state index contributed by atoms with van der Waals surface area (Å²) in [5.41, 5.74) is 4.25. The van der Waals surface area contributed by atoms with E-state index in [1.165, 1.54) is 0 Å². The number of hydrogen-bond donors (Lipinski definition) is 2. The van der Waals surface area contributed by atoms with Gasteiger partial charge in [-0.2, -0.15) is 0 Å². The van der Waals surface area contributed by atoms with E-state index < -0.39 is 0 Å². The molecule has 1 aromatic heterocycles. The summed E-state index contributed by atoms with van der Waals surface area (Å²) in [6.45, 7) is 6.39. The van der Waals surface area contributed by atoms with E-state index in [0.29, 0.717) is 23.0 Å². The number of nitrogens with one attached hydrogen (secondary N) is 2. The molecule has 0 aliphatic heterocycles. The second-order valence-corrected chi connectivity index (χ2v) is 8.73. The summed E-state index contributed by atoms with van der Waals surface area (Å²) >= 11 is 0. The summed E-state index contributed by atoms with van der Waals surface area (Å²) in [5.74, 6) is 1.05. The molecule has 0 saturated heterocycles. The predicted octanol–water partition coefficient (Wildman–Crippen LogP) is 7.48. The van der Waals surface area contributed by atoms with E-state index in [9.17, 15) is 4.79 Å². The number of hydrogen-bond acceptors (Lipinski definition) is 3. The molecule has 4 rings (SSSR count). The number of ether oxygens (including phenoxy) is 1. The lowest BCUT2D eigenvalue weighted by atomic mass is 9.86. The Labute approximate surface area is 194 Å². The van der Waals surface area contributed by atoms with E-state index in [1.807, 2.05) is 78.9 Å². The van der Waals surface area contributed by atoms with E-state index in [2.05, 4.69) is 36.4 Å². The molecular weight excluding hydrogens is 410 g/mol. The number of para-hydroxylation sites is 1. The zero-order chi connectivity index (χ0) is 23.3. The molecule has 2 N–H and O–H groups in total. The average molecular weight is 438 g/mol. The standard InChI is InChI=1S/C28H27N3O2/c1-28(2,3)23-15-7-8-17-25(23)33-26-24(16-10-18-29-26)31-27(32)30-22-14-9-13-21(19-22)20-11-5-4-6-12-20/h4-19H,1-3H3,(H2,30,31,32). The van der Waals surface area contributed by atoms with Crippen molar-refractivity contribution in [3.05, 3.63) is 103 Å². The molecule has 0 unspecified atom stereocenters. The Morgan fingerprint density at radius 3 is 2.30 bits per heavy atom. The van der Waals surface area contributed by atoms with Crippen LogP contribution in [-0.2, 0) is 5.41 Å². The van der Waals surface area contributed by atoms with Gasteiger partial charge < -0.3 is 15.4 Å². The zero-order valence-electron chi connectivity index (χ0n) is 19.0. The third kappa shape index (κ3) is 5.57. The first kappa shape index (κ1) is 22.1. The number of urea groups is 1. The van der Waals surface area contributed by atoms with E-state index in [-0.39, 0.29) is 11.4 Å². The quantitative estimate of drug-likeness (QED) is 0.340. The Bertz CT molecular complexity index is 1250. The van der Waals surface area contributed by atoms with Gasteiger partial charge in [0.25, 0.3) is 0 Å². The van der Waals surface area contributed by atoms with Crippen LogP contribution in [0.2, 0.25) is 0 Å². The van der Waals surface area contributed by atoms with E-state index in [4.69, 9.17) is 4.74 Å². The summed E-state index contributed by atoms with van der Waals surface area (Å²) < 4.78 is 6.14. The fraction of sp³-hybridized carbons (Fsp3) is 0.143. The van der Waals surface area contributed by atoms with Crippen LogP contribution >= 0.6 is 0 Å². The molecule has 0 radical (unpaired) electrons. The number of nitrogens with zero attached hydrogens (tertiary/aromatic N) is 1. The third-order valence-corrected chi connectivity index (χ3v) is 5.15. The van der Waals surface area contributed by atoms with Crippen molar-refractivity contribution < 1.29 is 9.53 Å². The minimum Gasteiger partial charge on any atom is -0.437 e. The SMILES string of the molecule is CC(C)(C)c1ccccc1Oc1ncccc1NC(=O)Nc1cccc(-c2ccccc2)c1. The Morgan fingerprint density at radius 1 is 0.788 bits per heavy atom. The maximum Gasteiger partial charge on any atom is 0.323 e. The lowest BCUT2D eigenvalue weighted by Gasteiger charge is -2.22. The van der Waals surface area contributed by atoms with Crippen molar-refractivity contribution in [2.75, 3.05) is 10.6 Å². The molecule has 0 spiro atoms. The molecule has 4 aromatic rings. The first-order chi connectivity index (χ1) is 15.9. The Morgan fingerprint density at radius 2 is 1.52 bits per heavy atom. The number of carbonyl (C=O) groups excluding carboxylic acids is 1. The molecule has 0 saturated carbocycles. The largest absolute Gasteiger partial charge is 0.437 e. The van der Waals surface area contributed by atoms with Crippen molar-refractivity contribution in [3.8, 4) is 22.8 Å². The maximum absolute atomic E-state index is 12.8. The average Bonchev–Trinajstić information content (AvgIpc) is 2.81. The van der Waals surface area contributed by atoms with Crippen molar-refractivity contribution in [1.29, 1.82) is 0 Å². The fourth-order valence-electron chi connectivity index (χ4n) is 3.54. The number of amides is 2. The minimum atomic E-state index is -0.373. The Kier molecular flexibility index (Phi) is 6.41. The maximum atomic E-state index is 12.8. The molecule has 3 aromatic carbocycles. The number of aromatic nitrogens is 1. The molecule has 0 bridgehead atoms. The monoisotopic (exact) mass is 437 g/mol. The molecule has 0 fully saturated rings. The second kappa shape index (κ2) is 9.57. The fourth-order valence-corrected chi connectivity index (χ4v) is 3.54. The van der Waals surface area contributed by atoms with Crippen molar-refractivity contribution in [2.45, 2.75) is 26.2 Å². The highest BCUT2D eigenvalue weighted by Gasteiger charge is 2.20. The van der Waals surface area contributed by atoms with Crippen LogP contribution in [0.15, 0.2) is 97.2 Å². The molecule has 33 heavy (non-hydrogen) atoms. The number of rotatable bonds is 5. The predicted molar refractivity (Wildman–Crippen MR) is 134 cm³/mol. The van der Waals surface area contributed by atoms with Crippen LogP contribution in [0.3, 0.4) is 0 Å². The molecule has 166 valence electrons. The van der Waals surface area contributed by atoms with Gasteiger partial charge in [-0.15, -0.1) is 0 Å².